The normalized spacial score (nSPS) is 20.1. The van der Waals surface area contributed by atoms with E-state index >= 15 is 0 Å². The molecule has 1 saturated carbocycles. The zero-order valence-electron chi connectivity index (χ0n) is 8.82. The molecule has 0 spiro atoms. The van der Waals surface area contributed by atoms with Crippen LogP contribution in [-0.4, -0.2) is 5.11 Å². The van der Waals surface area contributed by atoms with E-state index in [1.807, 2.05) is 24.3 Å². The van der Waals surface area contributed by atoms with Crippen LogP contribution in [0.4, 0.5) is 0 Å². The maximum atomic E-state index is 10.2. The Bertz CT molecular complexity index is 318. The highest BCUT2D eigenvalue weighted by Gasteiger charge is 2.24. The lowest BCUT2D eigenvalue weighted by molar-refractivity contribution is 0.0849. The van der Waals surface area contributed by atoms with E-state index in [9.17, 15) is 5.11 Å². The van der Waals surface area contributed by atoms with E-state index in [1.54, 1.807) is 0 Å². The zero-order chi connectivity index (χ0) is 10.7. The summed E-state index contributed by atoms with van der Waals surface area (Å²) < 4.78 is 0. The van der Waals surface area contributed by atoms with Gasteiger partial charge in [-0.25, -0.2) is 0 Å². The van der Waals surface area contributed by atoms with Crippen molar-refractivity contribution in [3.63, 3.8) is 0 Å². The highest BCUT2D eigenvalue weighted by Crippen LogP contribution is 2.36. The van der Waals surface area contributed by atoms with Crippen LogP contribution in [0.25, 0.3) is 0 Å². The molecule has 2 heteroatoms. The lowest BCUT2D eigenvalue weighted by Crippen LogP contribution is -2.16. The van der Waals surface area contributed by atoms with Crippen molar-refractivity contribution in [2.45, 2.75) is 38.2 Å². The maximum absolute atomic E-state index is 10.2. The number of hydrogen-bond donors (Lipinski definition) is 1. The summed E-state index contributed by atoms with van der Waals surface area (Å²) in [6, 6.07) is 7.62. The molecular weight excluding hydrogens is 208 g/mol. The minimum absolute atomic E-state index is 0.376. The molecule has 82 valence electrons. The Balaban J connectivity index is 2.12. The number of benzene rings is 1. The minimum atomic E-state index is -0.376. The van der Waals surface area contributed by atoms with Crippen molar-refractivity contribution >= 4 is 11.6 Å². The molecule has 1 aliphatic rings. The summed E-state index contributed by atoms with van der Waals surface area (Å²) in [5.41, 5.74) is 0.895. The van der Waals surface area contributed by atoms with Crippen molar-refractivity contribution in [3.05, 3.63) is 34.9 Å². The number of hydrogen-bond acceptors (Lipinski definition) is 1. The molecule has 1 atom stereocenters. The molecule has 1 aliphatic carbocycles. The van der Waals surface area contributed by atoms with E-state index in [0.717, 1.165) is 18.4 Å². The number of aliphatic hydroxyl groups excluding tert-OH is 1. The summed E-state index contributed by atoms with van der Waals surface area (Å²) in [6.45, 7) is 0. The Kier molecular flexibility index (Phi) is 3.66. The molecule has 2 rings (SSSR count). The van der Waals surface area contributed by atoms with Crippen LogP contribution in [0.15, 0.2) is 24.3 Å². The van der Waals surface area contributed by atoms with E-state index in [2.05, 4.69) is 0 Å². The van der Waals surface area contributed by atoms with Crippen molar-refractivity contribution in [2.75, 3.05) is 0 Å². The summed E-state index contributed by atoms with van der Waals surface area (Å²) >= 11 is 6.08. The molecule has 1 N–H and O–H groups in total. The fourth-order valence-electron chi connectivity index (χ4n) is 2.42. The van der Waals surface area contributed by atoms with Gasteiger partial charge in [0.25, 0.3) is 0 Å². The highest BCUT2D eigenvalue weighted by atomic mass is 35.5. The minimum Gasteiger partial charge on any atom is -0.388 e. The Labute approximate surface area is 96.1 Å². The van der Waals surface area contributed by atoms with Gasteiger partial charge < -0.3 is 5.11 Å². The topological polar surface area (TPSA) is 20.2 Å². The lowest BCUT2D eigenvalue weighted by Gasteiger charge is -2.27. The number of halogens is 1. The monoisotopic (exact) mass is 224 g/mol. The molecule has 0 radical (unpaired) electrons. The molecule has 1 nitrogen and oxygen atoms in total. The average molecular weight is 225 g/mol. The molecular formula is C13H17ClO. The first-order chi connectivity index (χ1) is 7.29. The van der Waals surface area contributed by atoms with E-state index in [-0.39, 0.29) is 6.10 Å². The number of aliphatic hydroxyl groups is 1. The van der Waals surface area contributed by atoms with Crippen LogP contribution >= 0.6 is 11.6 Å². The van der Waals surface area contributed by atoms with Crippen LogP contribution in [0.2, 0.25) is 5.02 Å². The van der Waals surface area contributed by atoms with Crippen LogP contribution in [-0.2, 0) is 0 Å². The van der Waals surface area contributed by atoms with Gasteiger partial charge in [-0.3, -0.25) is 0 Å². The molecule has 0 aliphatic heterocycles. The van der Waals surface area contributed by atoms with Gasteiger partial charge in [0.15, 0.2) is 0 Å². The van der Waals surface area contributed by atoms with Gasteiger partial charge in [0.2, 0.25) is 0 Å². The standard InChI is InChI=1S/C13H17ClO/c14-12-9-5-4-8-11(12)13(15)10-6-2-1-3-7-10/h4-5,8-10,13,15H,1-3,6-7H2/t13-/m1/s1. The van der Waals surface area contributed by atoms with Gasteiger partial charge >= 0.3 is 0 Å². The molecule has 1 fully saturated rings. The van der Waals surface area contributed by atoms with Crippen molar-refractivity contribution < 1.29 is 5.11 Å². The first kappa shape index (κ1) is 11.0. The third-order valence-corrected chi connectivity index (χ3v) is 3.66. The van der Waals surface area contributed by atoms with E-state index in [4.69, 9.17) is 11.6 Å². The summed E-state index contributed by atoms with van der Waals surface area (Å²) in [4.78, 5) is 0. The van der Waals surface area contributed by atoms with Crippen molar-refractivity contribution in [1.29, 1.82) is 0 Å². The van der Waals surface area contributed by atoms with Gasteiger partial charge in [0.1, 0.15) is 0 Å². The number of rotatable bonds is 2. The Morgan fingerprint density at radius 3 is 2.47 bits per heavy atom. The van der Waals surface area contributed by atoms with Gasteiger partial charge in [-0.05, 0) is 30.4 Å². The molecule has 0 aromatic heterocycles. The SMILES string of the molecule is O[C@@H](c1ccccc1Cl)C1CCCCC1. The molecule has 1 aromatic rings. The van der Waals surface area contributed by atoms with Crippen molar-refractivity contribution in [3.8, 4) is 0 Å². The van der Waals surface area contributed by atoms with Crippen LogP contribution in [0.3, 0.4) is 0 Å². The molecule has 0 unspecified atom stereocenters. The molecule has 1 aromatic carbocycles. The first-order valence-electron chi connectivity index (χ1n) is 5.71. The fourth-order valence-corrected chi connectivity index (χ4v) is 2.67. The first-order valence-corrected chi connectivity index (χ1v) is 6.09. The van der Waals surface area contributed by atoms with Crippen molar-refractivity contribution in [1.82, 2.24) is 0 Å². The quantitative estimate of drug-likeness (QED) is 0.807. The Hall–Kier alpha value is -0.530. The largest absolute Gasteiger partial charge is 0.388 e. The second-order valence-electron chi connectivity index (χ2n) is 4.36. The Morgan fingerprint density at radius 1 is 1.13 bits per heavy atom. The van der Waals surface area contributed by atoms with Crippen LogP contribution < -0.4 is 0 Å². The van der Waals surface area contributed by atoms with E-state index < -0.39 is 0 Å². The third-order valence-electron chi connectivity index (χ3n) is 3.32. The molecule has 0 amide bonds. The average Bonchev–Trinajstić information content (AvgIpc) is 2.30. The second-order valence-corrected chi connectivity index (χ2v) is 4.77. The van der Waals surface area contributed by atoms with Crippen molar-refractivity contribution in [2.24, 2.45) is 5.92 Å². The molecule has 0 bridgehead atoms. The van der Waals surface area contributed by atoms with Gasteiger partial charge in [-0.2, -0.15) is 0 Å². The summed E-state index contributed by atoms with van der Waals surface area (Å²) in [5.74, 6) is 0.402. The fraction of sp³-hybridized carbons (Fsp3) is 0.538. The Morgan fingerprint density at radius 2 is 1.80 bits per heavy atom. The van der Waals surface area contributed by atoms with E-state index in [1.165, 1.54) is 19.3 Å². The van der Waals surface area contributed by atoms with E-state index in [0.29, 0.717) is 10.9 Å². The summed E-state index contributed by atoms with van der Waals surface area (Å²) in [6.07, 6.45) is 5.68. The van der Waals surface area contributed by atoms with Gasteiger partial charge in [-0.15, -0.1) is 0 Å². The predicted octanol–water partition coefficient (Wildman–Crippen LogP) is 3.95. The predicted molar refractivity (Wildman–Crippen MR) is 63.0 cm³/mol. The van der Waals surface area contributed by atoms with Crippen LogP contribution in [0.5, 0.6) is 0 Å². The summed E-state index contributed by atoms with van der Waals surface area (Å²) in [5, 5.41) is 10.9. The summed E-state index contributed by atoms with van der Waals surface area (Å²) in [7, 11) is 0. The highest BCUT2D eigenvalue weighted by molar-refractivity contribution is 6.31. The van der Waals surface area contributed by atoms with Crippen LogP contribution in [0.1, 0.15) is 43.8 Å². The van der Waals surface area contributed by atoms with Crippen LogP contribution in [0, 0.1) is 5.92 Å². The molecule has 0 heterocycles. The maximum Gasteiger partial charge on any atom is 0.0832 e. The lowest BCUT2D eigenvalue weighted by atomic mass is 9.83. The third kappa shape index (κ3) is 2.53. The van der Waals surface area contributed by atoms with Gasteiger partial charge in [0.05, 0.1) is 6.10 Å². The van der Waals surface area contributed by atoms with Gasteiger partial charge in [-0.1, -0.05) is 49.1 Å². The molecule has 0 saturated heterocycles. The second kappa shape index (κ2) is 5.00. The smallest absolute Gasteiger partial charge is 0.0832 e. The van der Waals surface area contributed by atoms with Gasteiger partial charge in [0, 0.05) is 5.02 Å². The zero-order valence-corrected chi connectivity index (χ0v) is 9.58. The molecule has 15 heavy (non-hydrogen) atoms.